The Morgan fingerprint density at radius 3 is 2.76 bits per heavy atom. The minimum atomic E-state index is -2.10. The van der Waals surface area contributed by atoms with Gasteiger partial charge in [-0.1, -0.05) is 17.7 Å². The summed E-state index contributed by atoms with van der Waals surface area (Å²) < 4.78 is 16.8. The molecule has 0 aliphatic carbocycles. The fourth-order valence-electron chi connectivity index (χ4n) is 2.65. The van der Waals surface area contributed by atoms with E-state index in [9.17, 15) is 9.59 Å². The Morgan fingerprint density at radius 2 is 2.03 bits per heavy atom. The van der Waals surface area contributed by atoms with Gasteiger partial charge < -0.3 is 29.4 Å². The molecule has 0 spiro atoms. The molecule has 0 radical (unpaired) electrons. The average Bonchev–Trinajstić information content (AvgIpc) is 2.71. The SMILES string of the molecule is COc1ccc(-c2cc(=O)c3cccc(Cl)c3o2)c(OCCNC(=O)C(O)O)c1. The third-order valence-corrected chi connectivity index (χ3v) is 4.35. The van der Waals surface area contributed by atoms with Gasteiger partial charge in [-0.15, -0.1) is 0 Å². The van der Waals surface area contributed by atoms with E-state index in [0.29, 0.717) is 27.5 Å². The summed E-state index contributed by atoms with van der Waals surface area (Å²) in [4.78, 5) is 23.7. The summed E-state index contributed by atoms with van der Waals surface area (Å²) in [6.07, 6.45) is -2.10. The quantitative estimate of drug-likeness (QED) is 0.395. The molecule has 0 saturated carbocycles. The monoisotopic (exact) mass is 419 g/mol. The average molecular weight is 420 g/mol. The summed E-state index contributed by atoms with van der Waals surface area (Å²) in [5.74, 6) is 0.176. The van der Waals surface area contributed by atoms with Crippen molar-refractivity contribution >= 4 is 28.5 Å². The smallest absolute Gasteiger partial charge is 0.276 e. The first-order valence-electron chi connectivity index (χ1n) is 8.58. The number of fused-ring (bicyclic) bond motifs is 1. The Hall–Kier alpha value is -3.07. The summed E-state index contributed by atoms with van der Waals surface area (Å²) in [6, 6.07) is 11.2. The van der Waals surface area contributed by atoms with Gasteiger partial charge in [0.1, 0.15) is 23.9 Å². The lowest BCUT2D eigenvalue weighted by atomic mass is 10.1. The molecular formula is C20H18ClNO7. The number of amides is 1. The molecule has 3 rings (SSSR count). The van der Waals surface area contributed by atoms with Crippen molar-refractivity contribution in [2.45, 2.75) is 6.29 Å². The van der Waals surface area contributed by atoms with E-state index in [0.717, 1.165) is 0 Å². The predicted octanol–water partition coefficient (Wildman–Crippen LogP) is 1.93. The number of hydrogen-bond donors (Lipinski definition) is 3. The molecule has 1 amide bonds. The molecular weight excluding hydrogens is 402 g/mol. The first-order valence-corrected chi connectivity index (χ1v) is 8.96. The number of nitrogens with one attached hydrogen (secondary N) is 1. The molecule has 2 aromatic carbocycles. The van der Waals surface area contributed by atoms with E-state index in [1.807, 2.05) is 0 Å². The minimum absolute atomic E-state index is 0.0250. The molecule has 0 atom stereocenters. The molecule has 0 aliphatic rings. The summed E-state index contributed by atoms with van der Waals surface area (Å²) >= 11 is 6.17. The number of ether oxygens (including phenoxy) is 2. The summed E-state index contributed by atoms with van der Waals surface area (Å²) in [7, 11) is 1.50. The van der Waals surface area contributed by atoms with Crippen LogP contribution in [-0.2, 0) is 4.79 Å². The van der Waals surface area contributed by atoms with E-state index in [1.54, 1.807) is 36.4 Å². The van der Waals surface area contributed by atoms with Crippen LogP contribution in [0.4, 0.5) is 0 Å². The number of aliphatic hydroxyl groups excluding tert-OH is 1. The number of methoxy groups -OCH3 is 1. The normalized spacial score (nSPS) is 10.9. The molecule has 0 aliphatic heterocycles. The number of benzene rings is 2. The standard InChI is InChI=1S/C20H18ClNO7/c1-27-11-5-6-13(16(9-11)28-8-7-22-19(24)20(25)26)17-10-15(23)12-3-2-4-14(21)18(12)29-17/h2-6,9-10,20,25-26H,7-8H2,1H3,(H,22,24). The second-order valence-electron chi connectivity index (χ2n) is 5.97. The Kier molecular flexibility index (Phi) is 6.38. The van der Waals surface area contributed by atoms with Crippen molar-refractivity contribution in [3.05, 3.63) is 57.7 Å². The number of aliphatic hydroxyl groups is 2. The van der Waals surface area contributed by atoms with Crippen molar-refractivity contribution in [3.8, 4) is 22.8 Å². The van der Waals surface area contributed by atoms with Gasteiger partial charge in [0.25, 0.3) is 5.91 Å². The van der Waals surface area contributed by atoms with Crippen molar-refractivity contribution < 1.29 is 28.9 Å². The first-order chi connectivity index (χ1) is 13.9. The van der Waals surface area contributed by atoms with Crippen LogP contribution in [0.1, 0.15) is 0 Å². The molecule has 0 fully saturated rings. The summed E-state index contributed by atoms with van der Waals surface area (Å²) in [5, 5.41) is 20.5. The van der Waals surface area contributed by atoms with Crippen LogP contribution in [0.25, 0.3) is 22.3 Å². The van der Waals surface area contributed by atoms with Gasteiger partial charge in [-0.2, -0.15) is 0 Å². The van der Waals surface area contributed by atoms with Gasteiger partial charge in [0.2, 0.25) is 6.29 Å². The maximum atomic E-state index is 12.5. The number of rotatable bonds is 7. The number of hydrogen-bond acceptors (Lipinski definition) is 7. The van der Waals surface area contributed by atoms with Gasteiger partial charge in [0.15, 0.2) is 11.0 Å². The van der Waals surface area contributed by atoms with Gasteiger partial charge in [-0.3, -0.25) is 9.59 Å². The molecule has 29 heavy (non-hydrogen) atoms. The van der Waals surface area contributed by atoms with E-state index in [2.05, 4.69) is 5.32 Å². The fourth-order valence-corrected chi connectivity index (χ4v) is 2.87. The Balaban J connectivity index is 1.93. The Bertz CT molecular complexity index is 1090. The lowest BCUT2D eigenvalue weighted by molar-refractivity contribution is -0.147. The van der Waals surface area contributed by atoms with Crippen molar-refractivity contribution in [3.63, 3.8) is 0 Å². The molecule has 8 nitrogen and oxygen atoms in total. The molecule has 0 unspecified atom stereocenters. The fraction of sp³-hybridized carbons (Fsp3) is 0.200. The largest absolute Gasteiger partial charge is 0.497 e. The third-order valence-electron chi connectivity index (χ3n) is 4.05. The molecule has 0 bridgehead atoms. The first kappa shape index (κ1) is 20.7. The molecule has 1 heterocycles. The lowest BCUT2D eigenvalue weighted by Gasteiger charge is -2.14. The molecule has 0 saturated heterocycles. The van der Waals surface area contributed by atoms with Crippen LogP contribution >= 0.6 is 11.6 Å². The van der Waals surface area contributed by atoms with Crippen LogP contribution in [0, 0.1) is 0 Å². The van der Waals surface area contributed by atoms with E-state index in [4.69, 9.17) is 35.7 Å². The zero-order valence-electron chi connectivity index (χ0n) is 15.3. The number of para-hydroxylation sites is 1. The molecule has 152 valence electrons. The van der Waals surface area contributed by atoms with Crippen LogP contribution in [0.2, 0.25) is 5.02 Å². The maximum Gasteiger partial charge on any atom is 0.276 e. The molecule has 3 aromatic rings. The Labute approximate surface area is 170 Å². The van der Waals surface area contributed by atoms with E-state index < -0.39 is 12.2 Å². The lowest BCUT2D eigenvalue weighted by Crippen LogP contribution is -2.36. The van der Waals surface area contributed by atoms with Crippen LogP contribution in [0.15, 0.2) is 51.7 Å². The van der Waals surface area contributed by atoms with Crippen molar-refractivity contribution in [1.82, 2.24) is 5.32 Å². The number of carbonyl (C=O) groups excluding carboxylic acids is 1. The highest BCUT2D eigenvalue weighted by atomic mass is 35.5. The van der Waals surface area contributed by atoms with Crippen LogP contribution < -0.4 is 20.2 Å². The van der Waals surface area contributed by atoms with Gasteiger partial charge in [-0.25, -0.2) is 0 Å². The van der Waals surface area contributed by atoms with E-state index in [-0.39, 0.29) is 29.9 Å². The maximum absolute atomic E-state index is 12.5. The second kappa shape index (κ2) is 8.95. The van der Waals surface area contributed by atoms with Gasteiger partial charge in [0, 0.05) is 12.1 Å². The van der Waals surface area contributed by atoms with Crippen LogP contribution in [0.5, 0.6) is 11.5 Å². The third kappa shape index (κ3) is 4.68. The molecule has 1 aromatic heterocycles. The highest BCUT2D eigenvalue weighted by molar-refractivity contribution is 6.34. The minimum Gasteiger partial charge on any atom is -0.497 e. The van der Waals surface area contributed by atoms with Crippen LogP contribution in [0.3, 0.4) is 0 Å². The van der Waals surface area contributed by atoms with Gasteiger partial charge >= 0.3 is 0 Å². The van der Waals surface area contributed by atoms with Crippen molar-refractivity contribution in [2.24, 2.45) is 0 Å². The number of halogens is 1. The molecule has 3 N–H and O–H groups in total. The predicted molar refractivity (Wildman–Crippen MR) is 106 cm³/mol. The highest BCUT2D eigenvalue weighted by Gasteiger charge is 2.15. The zero-order valence-corrected chi connectivity index (χ0v) is 16.1. The summed E-state index contributed by atoms with van der Waals surface area (Å²) in [6.45, 7) is 0.0534. The van der Waals surface area contributed by atoms with Gasteiger partial charge in [-0.05, 0) is 24.3 Å². The summed E-state index contributed by atoms with van der Waals surface area (Å²) in [5.41, 5.74) is 0.496. The van der Waals surface area contributed by atoms with Gasteiger partial charge in [0.05, 0.1) is 29.6 Å². The molecule has 9 heteroatoms. The zero-order chi connectivity index (χ0) is 21.0. The topological polar surface area (TPSA) is 118 Å². The van der Waals surface area contributed by atoms with Crippen LogP contribution in [-0.4, -0.2) is 42.7 Å². The van der Waals surface area contributed by atoms with Crippen molar-refractivity contribution in [2.75, 3.05) is 20.3 Å². The van der Waals surface area contributed by atoms with E-state index in [1.165, 1.54) is 13.2 Å². The number of carbonyl (C=O) groups is 1. The second-order valence-corrected chi connectivity index (χ2v) is 6.37. The van der Waals surface area contributed by atoms with Crippen molar-refractivity contribution in [1.29, 1.82) is 0 Å². The van der Waals surface area contributed by atoms with E-state index >= 15 is 0 Å². The highest BCUT2D eigenvalue weighted by Crippen LogP contribution is 2.35. The Morgan fingerprint density at radius 1 is 1.24 bits per heavy atom.